The average Bonchev–Trinajstić information content (AvgIpc) is 2.31. The van der Waals surface area contributed by atoms with Crippen LogP contribution in [0.1, 0.15) is 0 Å². The molecular formula is C12H9BN2. The highest BCUT2D eigenvalue weighted by molar-refractivity contribution is 6.05. The molecule has 0 spiro atoms. The molecule has 3 heteroatoms. The number of benzene rings is 2. The predicted molar refractivity (Wildman–Crippen MR) is 62.1 cm³/mol. The van der Waals surface area contributed by atoms with Crippen LogP contribution >= 0.6 is 0 Å². The van der Waals surface area contributed by atoms with Crippen molar-refractivity contribution in [2.75, 3.05) is 0 Å². The molecule has 0 atom stereocenters. The molecule has 2 aromatic carbocycles. The zero-order chi connectivity index (χ0) is 10.5. The highest BCUT2D eigenvalue weighted by Gasteiger charge is 2.01. The van der Waals surface area contributed by atoms with Gasteiger partial charge in [-0.2, -0.15) is 5.11 Å². The van der Waals surface area contributed by atoms with E-state index in [1.54, 1.807) is 0 Å². The molecule has 2 radical (unpaired) electrons. The SMILES string of the molecule is [B]N=Nc1ccccc1-c1ccccc1. The van der Waals surface area contributed by atoms with Gasteiger partial charge in [0.1, 0.15) is 0 Å². The van der Waals surface area contributed by atoms with E-state index < -0.39 is 0 Å². The van der Waals surface area contributed by atoms with Gasteiger partial charge in [0, 0.05) is 5.56 Å². The first-order chi connectivity index (χ1) is 7.42. The molecule has 0 heterocycles. The van der Waals surface area contributed by atoms with Crippen LogP contribution in [0, 0.1) is 0 Å². The second kappa shape index (κ2) is 4.55. The van der Waals surface area contributed by atoms with Crippen molar-refractivity contribution < 1.29 is 0 Å². The first-order valence-electron chi connectivity index (χ1n) is 4.67. The summed E-state index contributed by atoms with van der Waals surface area (Å²) in [6.45, 7) is 0. The van der Waals surface area contributed by atoms with E-state index in [9.17, 15) is 0 Å². The van der Waals surface area contributed by atoms with E-state index >= 15 is 0 Å². The third-order valence-corrected chi connectivity index (χ3v) is 2.15. The van der Waals surface area contributed by atoms with E-state index in [4.69, 9.17) is 7.98 Å². The van der Waals surface area contributed by atoms with Gasteiger partial charge in [0.25, 0.3) is 7.98 Å². The molecule has 0 aromatic heterocycles. The van der Waals surface area contributed by atoms with Crippen molar-refractivity contribution in [1.29, 1.82) is 0 Å². The normalized spacial score (nSPS) is 10.7. The Morgan fingerprint density at radius 1 is 0.800 bits per heavy atom. The second-order valence-electron chi connectivity index (χ2n) is 3.10. The Bertz CT molecular complexity index is 466. The van der Waals surface area contributed by atoms with E-state index in [1.807, 2.05) is 54.6 Å². The third-order valence-electron chi connectivity index (χ3n) is 2.15. The molecular weight excluding hydrogens is 183 g/mol. The Balaban J connectivity index is 2.53. The van der Waals surface area contributed by atoms with Crippen LogP contribution in [0.25, 0.3) is 11.1 Å². The Kier molecular flexibility index (Phi) is 2.93. The van der Waals surface area contributed by atoms with Crippen LogP contribution in [0.4, 0.5) is 5.69 Å². The molecule has 0 unspecified atom stereocenters. The fourth-order valence-corrected chi connectivity index (χ4v) is 1.48. The quantitative estimate of drug-likeness (QED) is 0.513. The first-order valence-corrected chi connectivity index (χ1v) is 4.67. The lowest BCUT2D eigenvalue weighted by molar-refractivity contribution is 1.32. The highest BCUT2D eigenvalue weighted by Crippen LogP contribution is 2.29. The fraction of sp³-hybridized carbons (Fsp3) is 0. The monoisotopic (exact) mass is 192 g/mol. The molecule has 0 saturated heterocycles. The molecule has 2 aromatic rings. The van der Waals surface area contributed by atoms with Gasteiger partial charge in [0.15, 0.2) is 0 Å². The Labute approximate surface area is 90.1 Å². The minimum atomic E-state index is 0.784. The van der Waals surface area contributed by atoms with E-state index in [0.29, 0.717) is 0 Å². The van der Waals surface area contributed by atoms with Crippen molar-refractivity contribution in [3.63, 3.8) is 0 Å². The summed E-state index contributed by atoms with van der Waals surface area (Å²) in [6.07, 6.45) is 0. The van der Waals surface area contributed by atoms with Crippen LogP contribution in [-0.4, -0.2) is 7.98 Å². The van der Waals surface area contributed by atoms with Gasteiger partial charge in [-0.3, -0.25) is 5.03 Å². The van der Waals surface area contributed by atoms with Gasteiger partial charge in [0.2, 0.25) is 0 Å². The summed E-state index contributed by atoms with van der Waals surface area (Å²) in [4.78, 5) is 0. The smallest absolute Gasteiger partial charge is 0.268 e. The van der Waals surface area contributed by atoms with Crippen molar-refractivity contribution in [3.05, 3.63) is 54.6 Å². The minimum Gasteiger partial charge on any atom is -0.268 e. The first kappa shape index (κ1) is 9.65. The average molecular weight is 192 g/mol. The molecule has 0 aliphatic heterocycles. The second-order valence-corrected chi connectivity index (χ2v) is 3.10. The summed E-state index contributed by atoms with van der Waals surface area (Å²) >= 11 is 0. The topological polar surface area (TPSA) is 24.7 Å². The highest BCUT2D eigenvalue weighted by atomic mass is 15.0. The summed E-state index contributed by atoms with van der Waals surface area (Å²) in [7, 11) is 5.07. The zero-order valence-electron chi connectivity index (χ0n) is 8.17. The van der Waals surface area contributed by atoms with Crippen LogP contribution in [0.3, 0.4) is 0 Å². The van der Waals surface area contributed by atoms with Gasteiger partial charge >= 0.3 is 0 Å². The maximum Gasteiger partial charge on any atom is 0.293 e. The van der Waals surface area contributed by atoms with Crippen LogP contribution in [0.15, 0.2) is 64.7 Å². The van der Waals surface area contributed by atoms with Crippen molar-refractivity contribution >= 4 is 13.7 Å². The molecule has 70 valence electrons. The van der Waals surface area contributed by atoms with E-state index in [0.717, 1.165) is 16.8 Å². The number of nitrogens with zero attached hydrogens (tertiary/aromatic N) is 2. The van der Waals surface area contributed by atoms with E-state index in [2.05, 4.69) is 10.1 Å². The van der Waals surface area contributed by atoms with Gasteiger partial charge < -0.3 is 0 Å². The lowest BCUT2D eigenvalue weighted by Crippen LogP contribution is -1.77. The lowest BCUT2D eigenvalue weighted by atomic mass is 10.0. The van der Waals surface area contributed by atoms with Gasteiger partial charge in [0.05, 0.1) is 5.69 Å². The molecule has 15 heavy (non-hydrogen) atoms. The number of hydrogen-bond donors (Lipinski definition) is 0. The largest absolute Gasteiger partial charge is 0.293 e. The molecule has 0 saturated carbocycles. The molecule has 0 bridgehead atoms. The van der Waals surface area contributed by atoms with Crippen LogP contribution in [0.2, 0.25) is 0 Å². The van der Waals surface area contributed by atoms with Gasteiger partial charge in [-0.25, -0.2) is 0 Å². The van der Waals surface area contributed by atoms with Gasteiger partial charge in [-0.05, 0) is 11.6 Å². The van der Waals surface area contributed by atoms with E-state index in [-0.39, 0.29) is 0 Å². The molecule has 0 amide bonds. The molecule has 0 aliphatic carbocycles. The Morgan fingerprint density at radius 2 is 1.47 bits per heavy atom. The van der Waals surface area contributed by atoms with Gasteiger partial charge in [-0.15, -0.1) is 0 Å². The maximum absolute atomic E-state index is 5.07. The van der Waals surface area contributed by atoms with Gasteiger partial charge in [-0.1, -0.05) is 48.5 Å². The summed E-state index contributed by atoms with van der Waals surface area (Å²) < 4.78 is 0. The van der Waals surface area contributed by atoms with Crippen molar-refractivity contribution in [1.82, 2.24) is 0 Å². The van der Waals surface area contributed by atoms with Crippen LogP contribution in [-0.2, 0) is 0 Å². The summed E-state index contributed by atoms with van der Waals surface area (Å²) in [5.41, 5.74) is 2.93. The summed E-state index contributed by atoms with van der Waals surface area (Å²) in [6, 6.07) is 17.8. The molecule has 0 aliphatic rings. The summed E-state index contributed by atoms with van der Waals surface area (Å²) in [5.74, 6) is 0. The number of rotatable bonds is 2. The Morgan fingerprint density at radius 3 is 2.20 bits per heavy atom. The Hall–Kier alpha value is -1.90. The van der Waals surface area contributed by atoms with Crippen molar-refractivity contribution in [2.24, 2.45) is 10.1 Å². The fourth-order valence-electron chi connectivity index (χ4n) is 1.48. The standard InChI is InChI=1S/C12H9BN2/c13-15-14-12-9-5-4-8-11(12)10-6-2-1-3-7-10/h1-9H. The summed E-state index contributed by atoms with van der Waals surface area (Å²) in [5, 5.41) is 7.20. The number of hydrogen-bond acceptors (Lipinski definition) is 2. The lowest BCUT2D eigenvalue weighted by Gasteiger charge is -2.03. The van der Waals surface area contributed by atoms with Crippen molar-refractivity contribution in [2.45, 2.75) is 0 Å². The van der Waals surface area contributed by atoms with Crippen LogP contribution < -0.4 is 0 Å². The maximum atomic E-state index is 5.07. The molecule has 2 nitrogen and oxygen atoms in total. The van der Waals surface area contributed by atoms with Crippen molar-refractivity contribution in [3.8, 4) is 11.1 Å². The van der Waals surface area contributed by atoms with E-state index in [1.165, 1.54) is 0 Å². The zero-order valence-corrected chi connectivity index (χ0v) is 8.17. The van der Waals surface area contributed by atoms with Crippen LogP contribution in [0.5, 0.6) is 0 Å². The predicted octanol–water partition coefficient (Wildman–Crippen LogP) is 3.52. The molecule has 2 rings (SSSR count). The molecule has 0 fully saturated rings. The molecule has 0 N–H and O–H groups in total. The minimum absolute atomic E-state index is 0.784. The third kappa shape index (κ3) is 2.13.